The molecule has 0 atom stereocenters. The van der Waals surface area contributed by atoms with Crippen LogP contribution in [0.4, 0.5) is 0 Å². The molecule has 0 amide bonds. The summed E-state index contributed by atoms with van der Waals surface area (Å²) in [5, 5.41) is 15.4. The lowest BCUT2D eigenvalue weighted by molar-refractivity contribution is 0.145. The highest BCUT2D eigenvalue weighted by Gasteiger charge is 2.31. The van der Waals surface area contributed by atoms with Gasteiger partial charge in [0.05, 0.1) is 0 Å². The first-order valence-electron chi connectivity index (χ1n) is 10.4. The summed E-state index contributed by atoms with van der Waals surface area (Å²) in [5.41, 5.74) is 0. The standard InChI is InChI=1S/C19H35N7O.HI/c1-4-27-13-5-10-20-19(21-14-18-24-23-15(2)25(18)3)22-16-8-11-26(12-9-16)17-6-7-17;/h16-17H,4-14H2,1-3H3,(H2,20,21,22);1H. The summed E-state index contributed by atoms with van der Waals surface area (Å²) in [5.74, 6) is 2.66. The molecule has 8 nitrogen and oxygen atoms in total. The molecular weight excluding hydrogens is 469 g/mol. The first kappa shape index (κ1) is 23.3. The molecule has 9 heteroatoms. The quantitative estimate of drug-likeness (QED) is 0.231. The fraction of sp³-hybridized carbons (Fsp3) is 0.842. The number of halogens is 1. The maximum Gasteiger partial charge on any atom is 0.191 e. The third-order valence-corrected chi connectivity index (χ3v) is 5.46. The van der Waals surface area contributed by atoms with Crippen LogP contribution in [0, 0.1) is 6.92 Å². The van der Waals surface area contributed by atoms with Crippen molar-refractivity contribution >= 4 is 29.9 Å². The fourth-order valence-corrected chi connectivity index (χ4v) is 3.46. The zero-order valence-corrected chi connectivity index (χ0v) is 19.8. The Morgan fingerprint density at radius 3 is 2.57 bits per heavy atom. The van der Waals surface area contributed by atoms with Crippen LogP contribution in [0.25, 0.3) is 0 Å². The van der Waals surface area contributed by atoms with E-state index in [1.165, 1.54) is 38.8 Å². The van der Waals surface area contributed by atoms with E-state index in [2.05, 4.69) is 25.7 Å². The van der Waals surface area contributed by atoms with E-state index in [9.17, 15) is 0 Å². The van der Waals surface area contributed by atoms with Crippen LogP contribution in [-0.2, 0) is 18.3 Å². The number of guanidine groups is 1. The minimum absolute atomic E-state index is 0. The summed E-state index contributed by atoms with van der Waals surface area (Å²) in [6.07, 6.45) is 6.11. The molecule has 160 valence electrons. The molecule has 1 saturated heterocycles. The Hall–Kier alpha value is -0.940. The fourth-order valence-electron chi connectivity index (χ4n) is 3.46. The van der Waals surface area contributed by atoms with Crippen LogP contribution in [0.2, 0.25) is 0 Å². The van der Waals surface area contributed by atoms with Gasteiger partial charge in [-0.15, -0.1) is 34.2 Å². The summed E-state index contributed by atoms with van der Waals surface area (Å²) in [6.45, 7) is 9.30. The minimum atomic E-state index is 0. The first-order valence-corrected chi connectivity index (χ1v) is 10.4. The van der Waals surface area contributed by atoms with E-state index < -0.39 is 0 Å². The highest BCUT2D eigenvalue weighted by atomic mass is 127. The Labute approximate surface area is 185 Å². The maximum atomic E-state index is 5.43. The van der Waals surface area contributed by atoms with Gasteiger partial charge in [-0.25, -0.2) is 4.99 Å². The van der Waals surface area contributed by atoms with Crippen LogP contribution in [0.1, 0.15) is 50.7 Å². The molecule has 0 bridgehead atoms. The van der Waals surface area contributed by atoms with Crippen molar-refractivity contribution in [3.05, 3.63) is 11.6 Å². The molecule has 1 aromatic heterocycles. The predicted octanol–water partition coefficient (Wildman–Crippen LogP) is 1.83. The van der Waals surface area contributed by atoms with Gasteiger partial charge < -0.3 is 24.8 Å². The van der Waals surface area contributed by atoms with Crippen LogP contribution in [0.15, 0.2) is 4.99 Å². The summed E-state index contributed by atoms with van der Waals surface area (Å²) in [6, 6.07) is 1.36. The second-order valence-corrected chi connectivity index (χ2v) is 7.55. The summed E-state index contributed by atoms with van der Waals surface area (Å²) >= 11 is 0. The van der Waals surface area contributed by atoms with E-state index in [0.717, 1.165) is 49.8 Å². The van der Waals surface area contributed by atoms with E-state index in [1.54, 1.807) is 0 Å². The zero-order chi connectivity index (χ0) is 19.1. The molecule has 28 heavy (non-hydrogen) atoms. The summed E-state index contributed by atoms with van der Waals surface area (Å²) in [7, 11) is 1.98. The van der Waals surface area contributed by atoms with Crippen molar-refractivity contribution in [1.29, 1.82) is 0 Å². The number of aliphatic imine (C=N–C) groups is 1. The number of nitrogens with one attached hydrogen (secondary N) is 2. The molecule has 1 aromatic rings. The molecule has 1 aliphatic carbocycles. The van der Waals surface area contributed by atoms with Gasteiger partial charge in [-0.3, -0.25) is 0 Å². The van der Waals surface area contributed by atoms with Crippen molar-refractivity contribution in [3.63, 3.8) is 0 Å². The molecule has 1 saturated carbocycles. The third kappa shape index (κ3) is 7.14. The van der Waals surface area contributed by atoms with Gasteiger partial charge in [-0.2, -0.15) is 0 Å². The normalized spacial score (nSPS) is 18.8. The molecule has 0 unspecified atom stereocenters. The smallest absolute Gasteiger partial charge is 0.191 e. The van der Waals surface area contributed by atoms with Gasteiger partial charge in [-0.1, -0.05) is 0 Å². The van der Waals surface area contributed by atoms with Gasteiger partial charge >= 0.3 is 0 Å². The number of ether oxygens (including phenoxy) is 1. The first-order chi connectivity index (χ1) is 13.2. The van der Waals surface area contributed by atoms with Crippen LogP contribution >= 0.6 is 24.0 Å². The third-order valence-electron chi connectivity index (χ3n) is 5.46. The number of aromatic nitrogens is 3. The average Bonchev–Trinajstić information content (AvgIpc) is 3.48. The Balaban J connectivity index is 0.00000280. The van der Waals surface area contributed by atoms with Crippen LogP contribution in [0.3, 0.4) is 0 Å². The predicted molar refractivity (Wildman–Crippen MR) is 122 cm³/mol. The molecule has 0 aromatic carbocycles. The van der Waals surface area contributed by atoms with E-state index in [0.29, 0.717) is 12.6 Å². The number of hydrogen-bond donors (Lipinski definition) is 2. The number of likely N-dealkylation sites (tertiary alicyclic amines) is 1. The largest absolute Gasteiger partial charge is 0.382 e. The molecule has 3 rings (SSSR count). The van der Waals surface area contributed by atoms with Crippen molar-refractivity contribution < 1.29 is 4.74 Å². The van der Waals surface area contributed by atoms with Gasteiger partial charge in [0.15, 0.2) is 11.8 Å². The van der Waals surface area contributed by atoms with Crippen molar-refractivity contribution in [2.75, 3.05) is 32.8 Å². The number of hydrogen-bond acceptors (Lipinski definition) is 5. The van der Waals surface area contributed by atoms with Crippen LogP contribution in [-0.4, -0.2) is 70.6 Å². The van der Waals surface area contributed by atoms with Crippen molar-refractivity contribution in [2.45, 2.75) is 64.6 Å². The van der Waals surface area contributed by atoms with Gasteiger partial charge in [0, 0.05) is 52.0 Å². The lowest BCUT2D eigenvalue weighted by Crippen LogP contribution is -2.49. The Morgan fingerprint density at radius 2 is 1.96 bits per heavy atom. The van der Waals surface area contributed by atoms with Gasteiger partial charge in [0.1, 0.15) is 12.4 Å². The maximum absolute atomic E-state index is 5.43. The number of rotatable bonds is 9. The van der Waals surface area contributed by atoms with Crippen LogP contribution < -0.4 is 10.6 Å². The Bertz CT molecular complexity index is 609. The zero-order valence-electron chi connectivity index (χ0n) is 17.5. The van der Waals surface area contributed by atoms with E-state index in [-0.39, 0.29) is 24.0 Å². The monoisotopic (exact) mass is 505 g/mol. The molecular formula is C19H36IN7O. The Morgan fingerprint density at radius 1 is 1.21 bits per heavy atom. The average molecular weight is 505 g/mol. The molecule has 0 radical (unpaired) electrons. The number of aryl methyl sites for hydroxylation is 1. The highest BCUT2D eigenvalue weighted by molar-refractivity contribution is 14.0. The minimum Gasteiger partial charge on any atom is -0.382 e. The molecule has 2 heterocycles. The van der Waals surface area contributed by atoms with Crippen molar-refractivity contribution in [1.82, 2.24) is 30.3 Å². The topological polar surface area (TPSA) is 79.6 Å². The molecule has 2 aliphatic rings. The van der Waals surface area contributed by atoms with Crippen LogP contribution in [0.5, 0.6) is 0 Å². The van der Waals surface area contributed by atoms with Crippen molar-refractivity contribution in [2.24, 2.45) is 12.0 Å². The van der Waals surface area contributed by atoms with Gasteiger partial charge in [0.25, 0.3) is 0 Å². The van der Waals surface area contributed by atoms with Gasteiger partial charge in [-0.05, 0) is 46.0 Å². The lowest BCUT2D eigenvalue weighted by Gasteiger charge is -2.33. The number of piperidine rings is 1. The van der Waals surface area contributed by atoms with Crippen molar-refractivity contribution in [3.8, 4) is 0 Å². The lowest BCUT2D eigenvalue weighted by atomic mass is 10.1. The van der Waals surface area contributed by atoms with Gasteiger partial charge in [0.2, 0.25) is 0 Å². The molecule has 1 aliphatic heterocycles. The molecule has 2 N–H and O–H groups in total. The summed E-state index contributed by atoms with van der Waals surface area (Å²) < 4.78 is 7.42. The van der Waals surface area contributed by atoms with E-state index in [4.69, 9.17) is 9.73 Å². The van der Waals surface area contributed by atoms with E-state index >= 15 is 0 Å². The number of nitrogens with zero attached hydrogens (tertiary/aromatic N) is 5. The molecule has 2 fully saturated rings. The molecule has 0 spiro atoms. The van der Waals surface area contributed by atoms with E-state index in [1.807, 2.05) is 25.5 Å². The highest BCUT2D eigenvalue weighted by Crippen LogP contribution is 2.29. The SMILES string of the molecule is CCOCCCNC(=NCc1nnc(C)n1C)NC1CCN(C2CC2)CC1.I. The second kappa shape index (κ2) is 11.9. The summed E-state index contributed by atoms with van der Waals surface area (Å²) in [4.78, 5) is 7.41. The Kier molecular flexibility index (Phi) is 9.93. The second-order valence-electron chi connectivity index (χ2n) is 7.55.